The first-order valence-electron chi connectivity index (χ1n) is 7.37. The Morgan fingerprint density at radius 2 is 2.05 bits per heavy atom. The zero-order chi connectivity index (χ0) is 14.7. The SMILES string of the molecule is Cc1nnc(SC2CCCCC2=O)n1Cc1ccccc1. The Hall–Kier alpha value is -1.62. The van der Waals surface area contributed by atoms with Gasteiger partial charge in [0, 0.05) is 6.42 Å². The second kappa shape index (κ2) is 6.43. The molecule has 21 heavy (non-hydrogen) atoms. The molecule has 110 valence electrons. The molecule has 0 aliphatic heterocycles. The predicted octanol–water partition coefficient (Wildman–Crippen LogP) is 3.24. The van der Waals surface area contributed by atoms with Crippen LogP contribution < -0.4 is 0 Å². The molecule has 2 aromatic rings. The van der Waals surface area contributed by atoms with Crippen molar-refractivity contribution >= 4 is 17.5 Å². The topological polar surface area (TPSA) is 47.8 Å². The molecule has 1 aliphatic carbocycles. The van der Waals surface area contributed by atoms with Crippen molar-refractivity contribution < 1.29 is 4.79 Å². The minimum absolute atomic E-state index is 0.0527. The number of nitrogens with zero attached hydrogens (tertiary/aromatic N) is 3. The van der Waals surface area contributed by atoms with E-state index in [0.29, 0.717) is 12.2 Å². The smallest absolute Gasteiger partial charge is 0.192 e. The fourth-order valence-corrected chi connectivity index (χ4v) is 3.80. The molecule has 1 aromatic carbocycles. The first-order valence-corrected chi connectivity index (χ1v) is 8.25. The summed E-state index contributed by atoms with van der Waals surface area (Å²) in [6, 6.07) is 10.3. The maximum absolute atomic E-state index is 12.0. The summed E-state index contributed by atoms with van der Waals surface area (Å²) in [5.41, 5.74) is 1.22. The van der Waals surface area contributed by atoms with E-state index in [4.69, 9.17) is 0 Å². The standard InChI is InChI=1S/C16H19N3OS/c1-12-17-18-16(21-15-10-6-5-9-14(15)20)19(12)11-13-7-3-2-4-8-13/h2-4,7-8,15H,5-6,9-11H2,1H3. The van der Waals surface area contributed by atoms with Crippen LogP contribution in [0.5, 0.6) is 0 Å². The lowest BCUT2D eigenvalue weighted by Crippen LogP contribution is -2.22. The van der Waals surface area contributed by atoms with E-state index in [9.17, 15) is 4.79 Å². The van der Waals surface area contributed by atoms with Gasteiger partial charge in [0.1, 0.15) is 11.6 Å². The van der Waals surface area contributed by atoms with E-state index in [1.165, 1.54) is 5.56 Å². The van der Waals surface area contributed by atoms with Gasteiger partial charge in [-0.05, 0) is 25.3 Å². The van der Waals surface area contributed by atoms with Gasteiger partial charge in [0.05, 0.1) is 11.8 Å². The quantitative estimate of drug-likeness (QED) is 0.870. The van der Waals surface area contributed by atoms with Gasteiger partial charge in [0.25, 0.3) is 0 Å². The van der Waals surface area contributed by atoms with Crippen LogP contribution in [0, 0.1) is 6.92 Å². The molecule has 5 heteroatoms. The van der Waals surface area contributed by atoms with Crippen LogP contribution in [0.4, 0.5) is 0 Å². The molecule has 0 bridgehead atoms. The highest BCUT2D eigenvalue weighted by molar-refractivity contribution is 8.00. The van der Waals surface area contributed by atoms with Crippen LogP contribution in [0.1, 0.15) is 37.1 Å². The van der Waals surface area contributed by atoms with Crippen LogP contribution in [0.15, 0.2) is 35.5 Å². The van der Waals surface area contributed by atoms with Gasteiger partial charge in [-0.2, -0.15) is 0 Å². The van der Waals surface area contributed by atoms with Crippen molar-refractivity contribution in [2.45, 2.75) is 49.6 Å². The van der Waals surface area contributed by atoms with Gasteiger partial charge in [-0.3, -0.25) is 4.79 Å². The third-order valence-corrected chi connectivity index (χ3v) is 5.13. The highest BCUT2D eigenvalue weighted by atomic mass is 32.2. The average Bonchev–Trinajstić information content (AvgIpc) is 2.84. The Balaban J connectivity index is 1.78. The Kier molecular flexibility index (Phi) is 4.39. The number of ketones is 1. The monoisotopic (exact) mass is 301 g/mol. The first-order chi connectivity index (χ1) is 10.2. The number of hydrogen-bond donors (Lipinski definition) is 0. The molecular weight excluding hydrogens is 282 g/mol. The molecule has 0 amide bonds. The van der Waals surface area contributed by atoms with Gasteiger partial charge < -0.3 is 4.57 Å². The molecule has 1 fully saturated rings. The molecule has 1 heterocycles. The number of hydrogen-bond acceptors (Lipinski definition) is 4. The summed E-state index contributed by atoms with van der Waals surface area (Å²) in [5.74, 6) is 1.25. The number of aromatic nitrogens is 3. The van der Waals surface area contributed by atoms with Crippen LogP contribution >= 0.6 is 11.8 Å². The van der Waals surface area contributed by atoms with Gasteiger partial charge in [-0.25, -0.2) is 0 Å². The van der Waals surface area contributed by atoms with Crippen LogP contribution in [-0.4, -0.2) is 25.8 Å². The van der Waals surface area contributed by atoms with Crippen LogP contribution in [0.3, 0.4) is 0 Å². The summed E-state index contributed by atoms with van der Waals surface area (Å²) >= 11 is 1.58. The lowest BCUT2D eigenvalue weighted by Gasteiger charge is -2.19. The highest BCUT2D eigenvalue weighted by Crippen LogP contribution is 2.31. The second-order valence-corrected chi connectivity index (χ2v) is 6.59. The van der Waals surface area contributed by atoms with Crippen LogP contribution in [0.25, 0.3) is 0 Å². The van der Waals surface area contributed by atoms with Crippen LogP contribution in [0.2, 0.25) is 0 Å². The Labute approximate surface area is 129 Å². The molecule has 0 spiro atoms. The first kappa shape index (κ1) is 14.3. The van der Waals surface area contributed by atoms with Gasteiger partial charge in [0.2, 0.25) is 0 Å². The van der Waals surface area contributed by atoms with Gasteiger partial charge in [0.15, 0.2) is 5.16 Å². The molecule has 1 atom stereocenters. The Morgan fingerprint density at radius 3 is 2.81 bits per heavy atom. The summed E-state index contributed by atoms with van der Waals surface area (Å²) in [7, 11) is 0. The van der Waals surface area contributed by atoms with E-state index in [1.54, 1.807) is 11.8 Å². The molecule has 3 rings (SSSR count). The van der Waals surface area contributed by atoms with Crippen molar-refractivity contribution in [2.24, 2.45) is 0 Å². The lowest BCUT2D eigenvalue weighted by molar-refractivity contribution is -0.119. The summed E-state index contributed by atoms with van der Waals surface area (Å²) in [6.45, 7) is 2.71. The molecule has 0 radical (unpaired) electrons. The van der Waals surface area contributed by atoms with E-state index in [2.05, 4.69) is 26.9 Å². The zero-order valence-corrected chi connectivity index (χ0v) is 13.0. The van der Waals surface area contributed by atoms with E-state index < -0.39 is 0 Å². The van der Waals surface area contributed by atoms with E-state index >= 15 is 0 Å². The Bertz CT molecular complexity index is 624. The zero-order valence-electron chi connectivity index (χ0n) is 12.2. The van der Waals surface area contributed by atoms with Gasteiger partial charge in [-0.1, -0.05) is 48.5 Å². The van der Waals surface area contributed by atoms with Crippen molar-refractivity contribution in [3.63, 3.8) is 0 Å². The number of aryl methyl sites for hydroxylation is 1. The summed E-state index contributed by atoms with van der Waals surface area (Å²) in [4.78, 5) is 12.0. The number of carbonyl (C=O) groups excluding carboxylic acids is 1. The van der Waals surface area contributed by atoms with E-state index in [1.807, 2.05) is 25.1 Å². The number of rotatable bonds is 4. The number of benzene rings is 1. The maximum atomic E-state index is 12.0. The molecule has 4 nitrogen and oxygen atoms in total. The van der Waals surface area contributed by atoms with E-state index in [-0.39, 0.29) is 5.25 Å². The minimum Gasteiger partial charge on any atom is -0.302 e. The van der Waals surface area contributed by atoms with Crippen LogP contribution in [-0.2, 0) is 11.3 Å². The third-order valence-electron chi connectivity index (χ3n) is 3.83. The average molecular weight is 301 g/mol. The molecule has 1 aliphatic rings. The molecule has 1 unspecified atom stereocenters. The number of carbonyl (C=O) groups is 1. The second-order valence-electron chi connectivity index (χ2n) is 5.42. The summed E-state index contributed by atoms with van der Waals surface area (Å²) in [5, 5.41) is 9.36. The van der Waals surface area contributed by atoms with Crippen molar-refractivity contribution in [2.75, 3.05) is 0 Å². The largest absolute Gasteiger partial charge is 0.302 e. The molecule has 0 N–H and O–H groups in total. The normalized spacial score (nSPS) is 18.9. The van der Waals surface area contributed by atoms with E-state index in [0.717, 1.165) is 36.8 Å². The minimum atomic E-state index is 0.0527. The fraction of sp³-hybridized carbons (Fsp3) is 0.438. The number of thioether (sulfide) groups is 1. The predicted molar refractivity (Wildman–Crippen MR) is 83.4 cm³/mol. The third kappa shape index (κ3) is 3.35. The Morgan fingerprint density at radius 1 is 1.24 bits per heavy atom. The summed E-state index contributed by atoms with van der Waals surface area (Å²) < 4.78 is 2.10. The molecule has 1 aromatic heterocycles. The number of Topliss-reactive ketones (excluding diaryl/α,β-unsaturated/α-hetero) is 1. The van der Waals surface area contributed by atoms with Crippen molar-refractivity contribution in [3.05, 3.63) is 41.7 Å². The highest BCUT2D eigenvalue weighted by Gasteiger charge is 2.25. The maximum Gasteiger partial charge on any atom is 0.192 e. The fourth-order valence-electron chi connectivity index (χ4n) is 2.60. The lowest BCUT2D eigenvalue weighted by atomic mass is 9.99. The van der Waals surface area contributed by atoms with Crippen molar-refractivity contribution in [1.82, 2.24) is 14.8 Å². The van der Waals surface area contributed by atoms with Crippen molar-refractivity contribution in [3.8, 4) is 0 Å². The van der Waals surface area contributed by atoms with Crippen molar-refractivity contribution in [1.29, 1.82) is 0 Å². The summed E-state index contributed by atoms with van der Waals surface area (Å²) in [6.07, 6.45) is 3.84. The molecule has 1 saturated carbocycles. The molecule has 0 saturated heterocycles. The van der Waals surface area contributed by atoms with Gasteiger partial charge >= 0.3 is 0 Å². The van der Waals surface area contributed by atoms with Gasteiger partial charge in [-0.15, -0.1) is 10.2 Å². The molecular formula is C16H19N3OS.